The first kappa shape index (κ1) is 20.0. The lowest BCUT2D eigenvalue weighted by molar-refractivity contribution is 0.100. The van der Waals surface area contributed by atoms with Crippen LogP contribution in [-0.2, 0) is 6.54 Å². The molecule has 1 aliphatic rings. The maximum absolute atomic E-state index is 13.2. The van der Waals surface area contributed by atoms with E-state index in [0.717, 1.165) is 54.9 Å². The zero-order chi connectivity index (χ0) is 21.1. The second kappa shape index (κ2) is 8.59. The normalized spacial score (nSPS) is 17.0. The summed E-state index contributed by atoms with van der Waals surface area (Å²) in [7, 11) is 0. The first-order chi connectivity index (χ1) is 14.5. The van der Waals surface area contributed by atoms with Crippen LogP contribution in [0.5, 0.6) is 0 Å². The van der Waals surface area contributed by atoms with Gasteiger partial charge < -0.3 is 11.5 Å². The van der Waals surface area contributed by atoms with E-state index in [1.807, 2.05) is 24.3 Å². The minimum Gasteiger partial charge on any atom is -0.368 e. The van der Waals surface area contributed by atoms with E-state index < -0.39 is 5.91 Å². The van der Waals surface area contributed by atoms with Crippen molar-refractivity contribution in [3.63, 3.8) is 0 Å². The molecule has 30 heavy (non-hydrogen) atoms. The van der Waals surface area contributed by atoms with E-state index in [4.69, 9.17) is 11.5 Å². The van der Waals surface area contributed by atoms with Gasteiger partial charge in [-0.05, 0) is 54.8 Å². The molecule has 0 radical (unpaired) electrons. The topological polar surface area (TPSA) is 98.1 Å². The van der Waals surface area contributed by atoms with Gasteiger partial charge in [-0.25, -0.2) is 14.4 Å². The van der Waals surface area contributed by atoms with Gasteiger partial charge in [-0.3, -0.25) is 9.69 Å². The molecule has 4 rings (SSSR count). The third-order valence-electron chi connectivity index (χ3n) is 5.53. The van der Waals surface area contributed by atoms with Gasteiger partial charge in [0, 0.05) is 36.3 Å². The SMILES string of the molecule is NC(=O)c1ccc(-c2cnc(N)nc2[C@@H]2CCCN(Cc3ccc(F)cc3)C2)cc1. The zero-order valence-electron chi connectivity index (χ0n) is 16.6. The van der Waals surface area contributed by atoms with E-state index in [9.17, 15) is 9.18 Å². The van der Waals surface area contributed by atoms with E-state index >= 15 is 0 Å². The van der Waals surface area contributed by atoms with Gasteiger partial charge >= 0.3 is 0 Å². The van der Waals surface area contributed by atoms with Crippen LogP contribution in [-0.4, -0.2) is 33.9 Å². The average molecular weight is 405 g/mol. The number of likely N-dealkylation sites (tertiary alicyclic amines) is 1. The molecule has 2 aromatic carbocycles. The third-order valence-corrected chi connectivity index (χ3v) is 5.53. The number of nitrogens with two attached hydrogens (primary N) is 2. The van der Waals surface area contributed by atoms with Gasteiger partial charge in [-0.1, -0.05) is 24.3 Å². The smallest absolute Gasteiger partial charge is 0.248 e. The van der Waals surface area contributed by atoms with Crippen molar-refractivity contribution in [2.45, 2.75) is 25.3 Å². The zero-order valence-corrected chi connectivity index (χ0v) is 16.6. The van der Waals surface area contributed by atoms with E-state index in [-0.39, 0.29) is 17.7 Å². The van der Waals surface area contributed by atoms with Crippen LogP contribution in [0.15, 0.2) is 54.7 Å². The van der Waals surface area contributed by atoms with Crippen LogP contribution in [0.3, 0.4) is 0 Å². The number of carbonyl (C=O) groups is 1. The number of nitrogen functional groups attached to an aromatic ring is 1. The summed E-state index contributed by atoms with van der Waals surface area (Å²) in [6, 6.07) is 13.8. The van der Waals surface area contributed by atoms with E-state index in [2.05, 4.69) is 14.9 Å². The molecule has 1 amide bonds. The van der Waals surface area contributed by atoms with Crippen LogP contribution in [0.25, 0.3) is 11.1 Å². The number of carbonyl (C=O) groups excluding carboxylic acids is 1. The average Bonchev–Trinajstić information content (AvgIpc) is 2.76. The van der Waals surface area contributed by atoms with Crippen LogP contribution >= 0.6 is 0 Å². The highest BCUT2D eigenvalue weighted by Gasteiger charge is 2.25. The predicted octanol–water partition coefficient (Wildman–Crippen LogP) is 3.34. The molecule has 0 aliphatic carbocycles. The quantitative estimate of drug-likeness (QED) is 0.678. The molecule has 1 aromatic heterocycles. The van der Waals surface area contributed by atoms with Gasteiger partial charge in [0.05, 0.1) is 5.69 Å². The van der Waals surface area contributed by atoms with Crippen LogP contribution in [0.1, 0.15) is 40.4 Å². The van der Waals surface area contributed by atoms with Crippen molar-refractivity contribution in [3.8, 4) is 11.1 Å². The Hall–Kier alpha value is -3.32. The molecular weight excluding hydrogens is 381 g/mol. The number of halogens is 1. The largest absolute Gasteiger partial charge is 0.368 e. The van der Waals surface area contributed by atoms with Gasteiger partial charge in [0.1, 0.15) is 5.82 Å². The summed E-state index contributed by atoms with van der Waals surface area (Å²) >= 11 is 0. The van der Waals surface area contributed by atoms with Crippen molar-refractivity contribution in [1.82, 2.24) is 14.9 Å². The highest BCUT2D eigenvalue weighted by atomic mass is 19.1. The molecule has 0 unspecified atom stereocenters. The number of amides is 1. The lowest BCUT2D eigenvalue weighted by Crippen LogP contribution is -2.34. The molecule has 154 valence electrons. The summed E-state index contributed by atoms with van der Waals surface area (Å²) in [5, 5.41) is 0. The van der Waals surface area contributed by atoms with Gasteiger partial charge in [0.15, 0.2) is 0 Å². The molecule has 6 nitrogen and oxygen atoms in total. The minimum absolute atomic E-state index is 0.204. The van der Waals surface area contributed by atoms with E-state index in [1.54, 1.807) is 18.3 Å². The fourth-order valence-corrected chi connectivity index (χ4v) is 4.03. The van der Waals surface area contributed by atoms with Gasteiger partial charge in [-0.2, -0.15) is 0 Å². The van der Waals surface area contributed by atoms with Crippen LogP contribution < -0.4 is 11.5 Å². The number of benzene rings is 2. The molecule has 4 N–H and O–H groups in total. The number of hydrogen-bond acceptors (Lipinski definition) is 5. The second-order valence-corrected chi connectivity index (χ2v) is 7.67. The summed E-state index contributed by atoms with van der Waals surface area (Å²) in [6.07, 6.45) is 3.79. The lowest BCUT2D eigenvalue weighted by Gasteiger charge is -2.33. The molecule has 0 saturated carbocycles. The molecule has 7 heteroatoms. The van der Waals surface area contributed by atoms with Crippen molar-refractivity contribution < 1.29 is 9.18 Å². The van der Waals surface area contributed by atoms with Gasteiger partial charge in [-0.15, -0.1) is 0 Å². The molecule has 2 heterocycles. The number of hydrogen-bond donors (Lipinski definition) is 2. The maximum Gasteiger partial charge on any atom is 0.248 e. The van der Waals surface area contributed by atoms with Crippen molar-refractivity contribution >= 4 is 11.9 Å². The molecule has 1 saturated heterocycles. The first-order valence-electron chi connectivity index (χ1n) is 9.99. The van der Waals surface area contributed by atoms with Crippen molar-refractivity contribution in [3.05, 3.63) is 77.4 Å². The monoisotopic (exact) mass is 405 g/mol. The van der Waals surface area contributed by atoms with Gasteiger partial charge in [0.25, 0.3) is 0 Å². The number of piperidine rings is 1. The number of nitrogens with zero attached hydrogens (tertiary/aromatic N) is 3. The Labute approximate surface area is 174 Å². The van der Waals surface area contributed by atoms with Crippen LogP contribution in [0, 0.1) is 5.82 Å². The molecule has 1 aliphatic heterocycles. The number of rotatable bonds is 5. The standard InChI is InChI=1S/C23H24FN5O/c24-19-9-3-15(4-10-19)13-29-11-1-2-18(14-29)21-20(12-27-23(26)28-21)16-5-7-17(8-6-16)22(25)30/h3-10,12,18H,1-2,11,13-14H2,(H2,25,30)(H2,26,27,28)/t18-/m1/s1. The first-order valence-corrected chi connectivity index (χ1v) is 9.99. The molecule has 0 spiro atoms. The molecule has 1 fully saturated rings. The Morgan fingerprint density at radius 2 is 1.87 bits per heavy atom. The lowest BCUT2D eigenvalue weighted by atomic mass is 9.89. The van der Waals surface area contributed by atoms with E-state index in [0.29, 0.717) is 5.56 Å². The fraction of sp³-hybridized carbons (Fsp3) is 0.261. The third kappa shape index (κ3) is 4.46. The van der Waals surface area contributed by atoms with Crippen molar-refractivity contribution in [1.29, 1.82) is 0 Å². The number of aromatic nitrogens is 2. The summed E-state index contributed by atoms with van der Waals surface area (Å²) in [5.41, 5.74) is 15.6. The highest BCUT2D eigenvalue weighted by Crippen LogP contribution is 2.34. The summed E-state index contributed by atoms with van der Waals surface area (Å²) < 4.78 is 13.2. The Balaban J connectivity index is 1.58. The van der Waals surface area contributed by atoms with Crippen molar-refractivity contribution in [2.75, 3.05) is 18.8 Å². The Kier molecular flexibility index (Phi) is 5.72. The van der Waals surface area contributed by atoms with E-state index in [1.165, 1.54) is 12.1 Å². The molecular formula is C23H24FN5O. The molecule has 3 aromatic rings. The predicted molar refractivity (Wildman–Crippen MR) is 114 cm³/mol. The number of primary amides is 1. The Bertz CT molecular complexity index is 1040. The summed E-state index contributed by atoms with van der Waals surface area (Å²) in [4.78, 5) is 22.5. The highest BCUT2D eigenvalue weighted by molar-refractivity contribution is 5.93. The Morgan fingerprint density at radius 3 is 2.57 bits per heavy atom. The maximum atomic E-state index is 13.2. The fourth-order valence-electron chi connectivity index (χ4n) is 4.03. The molecule has 1 atom stereocenters. The van der Waals surface area contributed by atoms with Crippen LogP contribution in [0.2, 0.25) is 0 Å². The second-order valence-electron chi connectivity index (χ2n) is 7.67. The summed E-state index contributed by atoms with van der Waals surface area (Å²) in [6.45, 7) is 2.58. The van der Waals surface area contributed by atoms with Crippen LogP contribution in [0.4, 0.5) is 10.3 Å². The molecule has 0 bridgehead atoms. The summed E-state index contributed by atoms with van der Waals surface area (Å²) in [5.74, 6) is -0.230. The number of anilines is 1. The van der Waals surface area contributed by atoms with Gasteiger partial charge in [0.2, 0.25) is 11.9 Å². The van der Waals surface area contributed by atoms with Crippen molar-refractivity contribution in [2.24, 2.45) is 5.73 Å². The minimum atomic E-state index is -0.459. The Morgan fingerprint density at radius 1 is 1.13 bits per heavy atom.